The molecule has 1 rings (SSSR count). The standard InChI is InChI=1S/C7H10N4OS2/c1-4(12)10-7-11-5(3-14-7)2-13-6(8)9/h3H,2H2,1H3,(H3,8,9)(H,10,11,12). The number of hydrogen-bond donors (Lipinski definition) is 3. The van der Waals surface area contributed by atoms with Gasteiger partial charge in [0.2, 0.25) is 5.91 Å². The van der Waals surface area contributed by atoms with E-state index in [0.29, 0.717) is 10.9 Å². The van der Waals surface area contributed by atoms with Gasteiger partial charge in [-0.3, -0.25) is 10.2 Å². The maximum Gasteiger partial charge on any atom is 0.223 e. The Morgan fingerprint density at radius 1 is 1.86 bits per heavy atom. The Hall–Kier alpha value is -1.08. The quantitative estimate of drug-likeness (QED) is 0.538. The van der Waals surface area contributed by atoms with Gasteiger partial charge in [0.05, 0.1) is 5.69 Å². The van der Waals surface area contributed by atoms with Gasteiger partial charge in [0.1, 0.15) is 0 Å². The number of aromatic nitrogens is 1. The average Bonchev–Trinajstić information content (AvgIpc) is 2.47. The molecule has 0 atom stereocenters. The lowest BCUT2D eigenvalue weighted by Gasteiger charge is -1.95. The van der Waals surface area contributed by atoms with Crippen molar-refractivity contribution in [3.05, 3.63) is 11.1 Å². The van der Waals surface area contributed by atoms with Crippen molar-refractivity contribution in [2.45, 2.75) is 12.7 Å². The minimum atomic E-state index is -0.134. The fourth-order valence-corrected chi connectivity index (χ4v) is 2.05. The van der Waals surface area contributed by atoms with Crippen LogP contribution in [0.3, 0.4) is 0 Å². The Labute approximate surface area is 89.6 Å². The highest BCUT2D eigenvalue weighted by Gasteiger charge is 2.03. The first-order valence-corrected chi connectivity index (χ1v) is 5.63. The van der Waals surface area contributed by atoms with E-state index in [-0.39, 0.29) is 11.1 Å². The normalized spacial score (nSPS) is 9.79. The van der Waals surface area contributed by atoms with Crippen molar-refractivity contribution in [3.8, 4) is 0 Å². The summed E-state index contributed by atoms with van der Waals surface area (Å²) in [5.74, 6) is 0.427. The summed E-state index contributed by atoms with van der Waals surface area (Å²) in [4.78, 5) is 14.8. The van der Waals surface area contributed by atoms with Gasteiger partial charge in [-0.15, -0.1) is 11.3 Å². The summed E-state index contributed by atoms with van der Waals surface area (Å²) < 4.78 is 0. The molecule has 0 aromatic carbocycles. The monoisotopic (exact) mass is 230 g/mol. The molecule has 4 N–H and O–H groups in total. The summed E-state index contributed by atoms with van der Waals surface area (Å²) in [6, 6.07) is 0. The van der Waals surface area contributed by atoms with E-state index in [4.69, 9.17) is 11.1 Å². The smallest absolute Gasteiger partial charge is 0.223 e. The molecule has 0 fully saturated rings. The van der Waals surface area contributed by atoms with Crippen molar-refractivity contribution in [2.24, 2.45) is 5.73 Å². The van der Waals surface area contributed by atoms with Gasteiger partial charge in [-0.05, 0) is 0 Å². The molecule has 1 aromatic rings. The molecule has 1 amide bonds. The van der Waals surface area contributed by atoms with Gasteiger partial charge >= 0.3 is 0 Å². The Morgan fingerprint density at radius 2 is 2.57 bits per heavy atom. The molecule has 0 radical (unpaired) electrons. The van der Waals surface area contributed by atoms with Gasteiger partial charge in [-0.2, -0.15) is 0 Å². The second kappa shape index (κ2) is 4.97. The Kier molecular flexibility index (Phi) is 3.90. The zero-order chi connectivity index (χ0) is 10.6. The molecule has 1 aromatic heterocycles. The Balaban J connectivity index is 2.50. The predicted octanol–water partition coefficient (Wildman–Crippen LogP) is 1.23. The molecular formula is C7H10N4OS2. The number of anilines is 1. The van der Waals surface area contributed by atoms with Crippen LogP contribution in [0.15, 0.2) is 5.38 Å². The molecule has 14 heavy (non-hydrogen) atoms. The third-order valence-electron chi connectivity index (χ3n) is 1.21. The van der Waals surface area contributed by atoms with Crippen LogP contribution >= 0.6 is 23.1 Å². The number of nitrogens with one attached hydrogen (secondary N) is 2. The topological polar surface area (TPSA) is 91.9 Å². The highest BCUT2D eigenvalue weighted by Crippen LogP contribution is 2.18. The van der Waals surface area contributed by atoms with Crippen LogP contribution in [0.1, 0.15) is 12.6 Å². The third kappa shape index (κ3) is 3.75. The van der Waals surface area contributed by atoms with E-state index in [1.54, 1.807) is 0 Å². The van der Waals surface area contributed by atoms with E-state index in [9.17, 15) is 4.79 Å². The van der Waals surface area contributed by atoms with Crippen LogP contribution in [0, 0.1) is 5.41 Å². The first-order chi connectivity index (χ1) is 6.58. The van der Waals surface area contributed by atoms with Crippen LogP contribution in [-0.4, -0.2) is 16.1 Å². The second-order valence-electron chi connectivity index (χ2n) is 2.48. The van der Waals surface area contributed by atoms with E-state index < -0.39 is 0 Å². The SMILES string of the molecule is CC(=O)Nc1nc(CSC(=N)N)cs1. The largest absolute Gasteiger partial charge is 0.379 e. The number of nitrogens with zero attached hydrogens (tertiary/aromatic N) is 1. The van der Waals surface area contributed by atoms with E-state index in [0.717, 1.165) is 5.69 Å². The number of carbonyl (C=O) groups is 1. The molecule has 5 nitrogen and oxygen atoms in total. The molecule has 76 valence electrons. The molecular weight excluding hydrogens is 220 g/mol. The maximum absolute atomic E-state index is 10.7. The van der Waals surface area contributed by atoms with Crippen molar-refractivity contribution < 1.29 is 4.79 Å². The molecule has 7 heteroatoms. The summed E-state index contributed by atoms with van der Waals surface area (Å²) >= 11 is 2.57. The second-order valence-corrected chi connectivity index (χ2v) is 4.35. The highest BCUT2D eigenvalue weighted by atomic mass is 32.2. The summed E-state index contributed by atoms with van der Waals surface area (Å²) in [5.41, 5.74) is 6.00. The fraction of sp³-hybridized carbons (Fsp3) is 0.286. The van der Waals surface area contributed by atoms with E-state index in [1.165, 1.54) is 30.0 Å². The Bertz CT molecular complexity index is 349. The number of thiazole rings is 1. The van der Waals surface area contributed by atoms with Crippen molar-refractivity contribution in [1.82, 2.24) is 4.98 Å². The van der Waals surface area contributed by atoms with Gasteiger partial charge in [-0.1, -0.05) is 11.8 Å². The number of amidine groups is 1. The molecule has 0 saturated heterocycles. The van der Waals surface area contributed by atoms with Crippen LogP contribution in [0.25, 0.3) is 0 Å². The molecule has 0 saturated carbocycles. The lowest BCUT2D eigenvalue weighted by Crippen LogP contribution is -2.06. The van der Waals surface area contributed by atoms with Crippen molar-refractivity contribution in [1.29, 1.82) is 5.41 Å². The zero-order valence-electron chi connectivity index (χ0n) is 7.53. The maximum atomic E-state index is 10.7. The lowest BCUT2D eigenvalue weighted by atomic mass is 10.6. The summed E-state index contributed by atoms with van der Waals surface area (Å²) in [7, 11) is 0. The summed E-state index contributed by atoms with van der Waals surface area (Å²) in [6.07, 6.45) is 0. The van der Waals surface area contributed by atoms with Gasteiger partial charge < -0.3 is 11.1 Å². The van der Waals surface area contributed by atoms with Crippen molar-refractivity contribution in [3.63, 3.8) is 0 Å². The van der Waals surface area contributed by atoms with Gasteiger partial charge in [0.15, 0.2) is 10.3 Å². The van der Waals surface area contributed by atoms with Gasteiger partial charge in [-0.25, -0.2) is 4.98 Å². The zero-order valence-corrected chi connectivity index (χ0v) is 9.17. The Morgan fingerprint density at radius 3 is 3.14 bits per heavy atom. The van der Waals surface area contributed by atoms with Crippen LogP contribution in [-0.2, 0) is 10.5 Å². The molecule has 0 aliphatic heterocycles. The van der Waals surface area contributed by atoms with E-state index in [1.807, 2.05) is 5.38 Å². The average molecular weight is 230 g/mol. The molecule has 0 spiro atoms. The molecule has 1 heterocycles. The number of rotatable bonds is 3. The molecule has 0 aliphatic carbocycles. The summed E-state index contributed by atoms with van der Waals surface area (Å²) in [5, 5.41) is 12.1. The first-order valence-electron chi connectivity index (χ1n) is 3.76. The molecule has 0 unspecified atom stereocenters. The first kappa shape index (κ1) is 11.0. The number of carbonyl (C=O) groups excluding carboxylic acids is 1. The fourth-order valence-electron chi connectivity index (χ4n) is 0.733. The van der Waals surface area contributed by atoms with Crippen molar-refractivity contribution >= 4 is 39.3 Å². The third-order valence-corrected chi connectivity index (χ3v) is 2.77. The predicted molar refractivity (Wildman–Crippen MR) is 59.6 cm³/mol. The lowest BCUT2D eigenvalue weighted by molar-refractivity contribution is -0.114. The molecule has 0 aliphatic rings. The number of nitrogens with two attached hydrogens (primary N) is 1. The van der Waals surface area contributed by atoms with Crippen LogP contribution in [0.4, 0.5) is 5.13 Å². The summed E-state index contributed by atoms with van der Waals surface area (Å²) in [6.45, 7) is 1.44. The molecule has 0 bridgehead atoms. The van der Waals surface area contributed by atoms with E-state index in [2.05, 4.69) is 10.3 Å². The number of hydrogen-bond acceptors (Lipinski definition) is 5. The van der Waals surface area contributed by atoms with Crippen molar-refractivity contribution in [2.75, 3.05) is 5.32 Å². The van der Waals surface area contributed by atoms with Gasteiger partial charge in [0.25, 0.3) is 0 Å². The minimum absolute atomic E-state index is 0.0686. The number of amides is 1. The minimum Gasteiger partial charge on any atom is -0.379 e. The van der Waals surface area contributed by atoms with Crippen LogP contribution in [0.5, 0.6) is 0 Å². The highest BCUT2D eigenvalue weighted by molar-refractivity contribution is 8.13. The van der Waals surface area contributed by atoms with Crippen LogP contribution in [0.2, 0.25) is 0 Å². The van der Waals surface area contributed by atoms with E-state index >= 15 is 0 Å². The van der Waals surface area contributed by atoms with Crippen LogP contribution < -0.4 is 11.1 Å². The number of thioether (sulfide) groups is 1. The van der Waals surface area contributed by atoms with Gasteiger partial charge in [0, 0.05) is 18.1 Å².